The molecule has 4 rings (SSSR count). The second-order valence-corrected chi connectivity index (χ2v) is 9.04. The zero-order valence-electron chi connectivity index (χ0n) is 16.3. The summed E-state index contributed by atoms with van der Waals surface area (Å²) in [7, 11) is 0. The predicted octanol–water partition coefficient (Wildman–Crippen LogP) is 5.12. The molecule has 0 heterocycles. The van der Waals surface area contributed by atoms with Gasteiger partial charge in [-0.1, -0.05) is 6.58 Å². The van der Waals surface area contributed by atoms with Gasteiger partial charge in [0.15, 0.2) is 0 Å². The van der Waals surface area contributed by atoms with Gasteiger partial charge in [-0.25, -0.2) is 4.79 Å². The molecule has 4 nitrogen and oxygen atoms in total. The van der Waals surface area contributed by atoms with E-state index in [-0.39, 0.29) is 36.7 Å². The molecule has 0 N–H and O–H groups in total. The normalized spacial score (nSPS) is 33.7. The Morgan fingerprint density at radius 3 is 1.90 bits per heavy atom. The second kappa shape index (κ2) is 7.06. The molecule has 0 radical (unpaired) electrons. The number of ether oxygens (including phenoxy) is 2. The summed E-state index contributed by atoms with van der Waals surface area (Å²) in [6.45, 7) is 4.82. The first-order valence-corrected chi connectivity index (χ1v) is 9.52. The number of alkyl halides is 8. The molecule has 3 unspecified atom stereocenters. The average Bonchev–Trinajstić information content (AvgIpc) is 2.55. The van der Waals surface area contributed by atoms with Crippen LogP contribution in [0.15, 0.2) is 12.2 Å². The number of esters is 2. The van der Waals surface area contributed by atoms with E-state index in [1.54, 1.807) is 0 Å². The van der Waals surface area contributed by atoms with Gasteiger partial charge in [-0.15, -0.1) is 0 Å². The highest BCUT2D eigenvalue weighted by atomic mass is 19.4. The molecule has 4 aliphatic rings. The Morgan fingerprint density at radius 1 is 0.968 bits per heavy atom. The van der Waals surface area contributed by atoms with Crippen molar-refractivity contribution in [1.29, 1.82) is 0 Å². The number of carbonyl (C=O) groups is 2. The van der Waals surface area contributed by atoms with E-state index in [9.17, 15) is 44.7 Å². The zero-order valence-corrected chi connectivity index (χ0v) is 16.3. The topological polar surface area (TPSA) is 52.6 Å². The van der Waals surface area contributed by atoms with Gasteiger partial charge >= 0.3 is 30.2 Å². The predicted molar refractivity (Wildman–Crippen MR) is 87.7 cm³/mol. The SMILES string of the molecule is C=C(C)C(=O)OC12CC3CC(C1)CC(C(=O)OC(C(F)(F)F)C(F)(F)C(F)(F)F)(C3)C2. The van der Waals surface area contributed by atoms with Crippen molar-refractivity contribution in [1.82, 2.24) is 0 Å². The third-order valence-corrected chi connectivity index (χ3v) is 6.33. The second-order valence-electron chi connectivity index (χ2n) is 9.04. The van der Waals surface area contributed by atoms with E-state index < -0.39 is 47.3 Å². The van der Waals surface area contributed by atoms with Crippen LogP contribution < -0.4 is 0 Å². The molecule has 4 saturated carbocycles. The fourth-order valence-electron chi connectivity index (χ4n) is 5.55. The summed E-state index contributed by atoms with van der Waals surface area (Å²) < 4.78 is 114. The molecule has 0 amide bonds. The molecule has 3 atom stereocenters. The lowest BCUT2D eigenvalue weighted by molar-refractivity contribution is -0.362. The van der Waals surface area contributed by atoms with Crippen LogP contribution in [0.5, 0.6) is 0 Å². The van der Waals surface area contributed by atoms with Gasteiger partial charge in [-0.05, 0) is 50.9 Å². The first-order chi connectivity index (χ1) is 13.9. The van der Waals surface area contributed by atoms with Crippen LogP contribution >= 0.6 is 0 Å². The molecule has 4 fully saturated rings. The Kier molecular flexibility index (Phi) is 5.42. The van der Waals surface area contributed by atoms with Crippen LogP contribution in [-0.4, -0.2) is 41.9 Å². The van der Waals surface area contributed by atoms with Crippen LogP contribution in [0.2, 0.25) is 0 Å². The maximum absolute atomic E-state index is 13.6. The Hall–Kier alpha value is -1.88. The molecule has 31 heavy (non-hydrogen) atoms. The highest BCUT2D eigenvalue weighted by molar-refractivity contribution is 5.87. The summed E-state index contributed by atoms with van der Waals surface area (Å²) in [4.78, 5) is 24.8. The Balaban J connectivity index is 1.90. The number of halogens is 8. The monoisotopic (exact) mass is 464 g/mol. The first kappa shape index (κ1) is 23.8. The molecule has 0 aromatic rings. The van der Waals surface area contributed by atoms with Crippen molar-refractivity contribution >= 4 is 11.9 Å². The number of hydrogen-bond donors (Lipinski definition) is 0. The quantitative estimate of drug-likeness (QED) is 0.322. The van der Waals surface area contributed by atoms with Crippen molar-refractivity contribution in [3.63, 3.8) is 0 Å². The highest BCUT2D eigenvalue weighted by Gasteiger charge is 2.73. The van der Waals surface area contributed by atoms with Crippen molar-refractivity contribution in [2.75, 3.05) is 0 Å². The maximum atomic E-state index is 13.6. The van der Waals surface area contributed by atoms with E-state index in [1.165, 1.54) is 6.92 Å². The van der Waals surface area contributed by atoms with Crippen LogP contribution in [0.4, 0.5) is 35.1 Å². The van der Waals surface area contributed by atoms with E-state index >= 15 is 0 Å². The van der Waals surface area contributed by atoms with Crippen molar-refractivity contribution in [2.45, 2.75) is 75.4 Å². The molecule has 0 spiro atoms. The maximum Gasteiger partial charge on any atom is 0.457 e. The van der Waals surface area contributed by atoms with Gasteiger partial charge in [0.25, 0.3) is 6.10 Å². The fourth-order valence-corrected chi connectivity index (χ4v) is 5.55. The molecule has 4 bridgehead atoms. The van der Waals surface area contributed by atoms with Crippen molar-refractivity contribution in [2.24, 2.45) is 17.3 Å². The summed E-state index contributed by atoms with van der Waals surface area (Å²) in [6, 6.07) is 0. The third-order valence-electron chi connectivity index (χ3n) is 6.33. The number of carbonyl (C=O) groups excluding carboxylic acids is 2. The van der Waals surface area contributed by atoms with Crippen molar-refractivity contribution < 1.29 is 54.2 Å². The summed E-state index contributed by atoms with van der Waals surface area (Å²) in [5, 5.41) is 0. The van der Waals surface area contributed by atoms with Gasteiger partial charge < -0.3 is 9.47 Å². The van der Waals surface area contributed by atoms with Crippen LogP contribution in [0.3, 0.4) is 0 Å². The fraction of sp³-hybridized carbons (Fsp3) is 0.789. The lowest BCUT2D eigenvalue weighted by atomic mass is 9.48. The van der Waals surface area contributed by atoms with Crippen LogP contribution in [0.25, 0.3) is 0 Å². The Bertz CT molecular complexity index is 771. The smallest absolute Gasteiger partial charge is 0.456 e. The van der Waals surface area contributed by atoms with Crippen LogP contribution in [0.1, 0.15) is 45.4 Å². The zero-order chi connectivity index (χ0) is 23.6. The molecule has 0 saturated heterocycles. The largest absolute Gasteiger partial charge is 0.457 e. The van der Waals surface area contributed by atoms with E-state index in [0.717, 1.165) is 0 Å². The minimum atomic E-state index is -6.58. The molecule has 0 aliphatic heterocycles. The summed E-state index contributed by atoms with van der Waals surface area (Å²) in [6.07, 6.45) is -16.5. The first-order valence-electron chi connectivity index (χ1n) is 9.52. The van der Waals surface area contributed by atoms with Gasteiger partial charge in [-0.2, -0.15) is 35.1 Å². The molecule has 12 heteroatoms. The molecular formula is C19H20F8O4. The lowest BCUT2D eigenvalue weighted by Crippen LogP contribution is -2.62. The van der Waals surface area contributed by atoms with Gasteiger partial charge in [0.05, 0.1) is 5.41 Å². The summed E-state index contributed by atoms with van der Waals surface area (Å²) >= 11 is 0. The number of rotatable bonds is 5. The Labute approximate surface area is 171 Å². The molecular weight excluding hydrogens is 444 g/mol. The standard InChI is InChI=1S/C19H20F8O4/c1-9(2)12(28)31-16-6-10-3-11(7-16)5-15(4-10,8-16)14(29)30-13(18(22,23)24)17(20,21)19(25,26)27/h10-11,13H,1,3-8H2,2H3. The highest BCUT2D eigenvalue weighted by Crippen LogP contribution is 2.63. The third kappa shape index (κ3) is 4.13. The van der Waals surface area contributed by atoms with Gasteiger partial charge in [-0.3, -0.25) is 4.79 Å². The van der Waals surface area contributed by atoms with Gasteiger partial charge in [0, 0.05) is 12.0 Å². The molecule has 176 valence electrons. The van der Waals surface area contributed by atoms with Crippen LogP contribution in [0, 0.1) is 17.3 Å². The number of hydrogen-bond acceptors (Lipinski definition) is 4. The lowest BCUT2D eigenvalue weighted by Gasteiger charge is -2.59. The van der Waals surface area contributed by atoms with Gasteiger partial charge in [0.1, 0.15) is 5.60 Å². The van der Waals surface area contributed by atoms with E-state index in [4.69, 9.17) is 4.74 Å². The summed E-state index contributed by atoms with van der Waals surface area (Å²) in [5.74, 6) is -9.41. The molecule has 4 aliphatic carbocycles. The molecule has 0 aromatic carbocycles. The van der Waals surface area contributed by atoms with E-state index in [2.05, 4.69) is 11.3 Å². The van der Waals surface area contributed by atoms with E-state index in [1.807, 2.05) is 0 Å². The minimum Gasteiger partial charge on any atom is -0.456 e. The Morgan fingerprint density at radius 2 is 1.48 bits per heavy atom. The van der Waals surface area contributed by atoms with Crippen molar-refractivity contribution in [3.8, 4) is 0 Å². The molecule has 0 aromatic heterocycles. The van der Waals surface area contributed by atoms with Crippen LogP contribution in [-0.2, 0) is 19.1 Å². The summed E-state index contributed by atoms with van der Waals surface area (Å²) in [5.41, 5.74) is -2.90. The van der Waals surface area contributed by atoms with Gasteiger partial charge in [0.2, 0.25) is 0 Å². The average molecular weight is 464 g/mol. The van der Waals surface area contributed by atoms with Crippen molar-refractivity contribution in [3.05, 3.63) is 12.2 Å². The van der Waals surface area contributed by atoms with E-state index in [0.29, 0.717) is 19.3 Å². The minimum absolute atomic E-state index is 0.0309.